The normalized spacial score (nSPS) is 17.8. The van der Waals surface area contributed by atoms with Crippen LogP contribution in [0.15, 0.2) is 53.4 Å². The van der Waals surface area contributed by atoms with Crippen molar-refractivity contribution in [1.82, 2.24) is 14.9 Å². The average Bonchev–Trinajstić information content (AvgIpc) is 3.67. The Bertz CT molecular complexity index is 1060. The molecule has 1 unspecified atom stereocenters. The minimum Gasteiger partial charge on any atom is -0.496 e. The molecule has 0 radical (unpaired) electrons. The lowest BCUT2D eigenvalue weighted by molar-refractivity contribution is -0.121. The predicted octanol–water partition coefficient (Wildman–Crippen LogP) is 3.41. The molecule has 2 fully saturated rings. The summed E-state index contributed by atoms with van der Waals surface area (Å²) in [7, 11) is -1.77. The van der Waals surface area contributed by atoms with Gasteiger partial charge in [0.1, 0.15) is 5.75 Å². The van der Waals surface area contributed by atoms with Crippen LogP contribution in [0.2, 0.25) is 0 Å². The van der Waals surface area contributed by atoms with Crippen LogP contribution < -0.4 is 14.8 Å². The number of amides is 1. The maximum absolute atomic E-state index is 12.7. The van der Waals surface area contributed by atoms with Gasteiger partial charge in [-0.2, -0.15) is 0 Å². The number of carbonyl (C=O) groups excluding carboxylic acids is 1. The highest BCUT2D eigenvalue weighted by Gasteiger charge is 2.28. The molecule has 0 aromatic heterocycles. The van der Waals surface area contributed by atoms with Crippen LogP contribution in [0.1, 0.15) is 55.7 Å². The smallest absolute Gasteiger partial charge is 0.240 e. The largest absolute Gasteiger partial charge is 0.496 e. The molecule has 4 rings (SSSR count). The van der Waals surface area contributed by atoms with Gasteiger partial charge in [-0.05, 0) is 69.0 Å². The first-order valence-electron chi connectivity index (χ1n) is 12.2. The molecular formula is C26H35N3O4S. The summed E-state index contributed by atoms with van der Waals surface area (Å²) in [5.41, 5.74) is 2.04. The molecule has 1 heterocycles. The van der Waals surface area contributed by atoms with E-state index in [1.54, 1.807) is 31.4 Å². The summed E-state index contributed by atoms with van der Waals surface area (Å²) >= 11 is 0. The topological polar surface area (TPSA) is 87.7 Å². The van der Waals surface area contributed by atoms with E-state index in [9.17, 15) is 13.2 Å². The monoisotopic (exact) mass is 485 g/mol. The number of nitrogens with one attached hydrogen (secondary N) is 2. The number of benzene rings is 2. The molecule has 8 heteroatoms. The van der Waals surface area contributed by atoms with Gasteiger partial charge in [-0.25, -0.2) is 13.1 Å². The Morgan fingerprint density at radius 1 is 1.06 bits per heavy atom. The second kappa shape index (κ2) is 11.3. The molecule has 1 amide bonds. The van der Waals surface area contributed by atoms with E-state index in [-0.39, 0.29) is 22.9 Å². The number of nitrogens with zero attached hydrogens (tertiary/aromatic N) is 1. The SMILES string of the molecule is COc1ccccc1C(CNC(=O)CCc1ccc(S(=O)(=O)NC2CC2)cc1)N1CCCCC1. The Labute approximate surface area is 202 Å². The molecule has 1 atom stereocenters. The van der Waals surface area contributed by atoms with Crippen molar-refractivity contribution in [3.63, 3.8) is 0 Å². The van der Waals surface area contributed by atoms with Gasteiger partial charge in [0.25, 0.3) is 0 Å². The van der Waals surface area contributed by atoms with Gasteiger partial charge < -0.3 is 10.1 Å². The van der Waals surface area contributed by atoms with Crippen LogP contribution in [0, 0.1) is 0 Å². The Morgan fingerprint density at radius 3 is 2.44 bits per heavy atom. The molecule has 34 heavy (non-hydrogen) atoms. The number of piperidine rings is 1. The van der Waals surface area contributed by atoms with Gasteiger partial charge in [0, 0.05) is 24.6 Å². The second-order valence-corrected chi connectivity index (χ2v) is 10.9. The zero-order chi connectivity index (χ0) is 24.0. The molecule has 2 aromatic carbocycles. The van der Waals surface area contributed by atoms with E-state index in [4.69, 9.17) is 4.74 Å². The highest BCUT2D eigenvalue weighted by Crippen LogP contribution is 2.31. The van der Waals surface area contributed by atoms with E-state index in [1.807, 2.05) is 18.2 Å². The highest BCUT2D eigenvalue weighted by atomic mass is 32.2. The van der Waals surface area contributed by atoms with Crippen LogP contribution in [0.25, 0.3) is 0 Å². The van der Waals surface area contributed by atoms with Crippen molar-refractivity contribution in [2.75, 3.05) is 26.7 Å². The molecule has 184 valence electrons. The van der Waals surface area contributed by atoms with Crippen LogP contribution in [-0.4, -0.2) is 52.0 Å². The zero-order valence-electron chi connectivity index (χ0n) is 19.8. The van der Waals surface area contributed by atoms with Crippen molar-refractivity contribution in [2.24, 2.45) is 0 Å². The molecule has 1 aliphatic carbocycles. The van der Waals surface area contributed by atoms with Crippen molar-refractivity contribution in [3.05, 3.63) is 59.7 Å². The van der Waals surface area contributed by atoms with Gasteiger partial charge in [0.15, 0.2) is 0 Å². The Balaban J connectivity index is 1.33. The Kier molecular flexibility index (Phi) is 8.24. The lowest BCUT2D eigenvalue weighted by Gasteiger charge is -2.35. The van der Waals surface area contributed by atoms with E-state index in [0.717, 1.165) is 42.8 Å². The Hall–Kier alpha value is -2.42. The van der Waals surface area contributed by atoms with Crippen LogP contribution in [0.5, 0.6) is 5.75 Å². The first kappa shape index (κ1) is 24.7. The van der Waals surface area contributed by atoms with E-state index in [2.05, 4.69) is 21.0 Å². The number of likely N-dealkylation sites (tertiary alicyclic amines) is 1. The van der Waals surface area contributed by atoms with Gasteiger partial charge >= 0.3 is 0 Å². The third kappa shape index (κ3) is 6.58. The molecule has 1 saturated heterocycles. The van der Waals surface area contributed by atoms with Crippen LogP contribution in [-0.2, 0) is 21.2 Å². The second-order valence-electron chi connectivity index (χ2n) is 9.20. The number of hydrogen-bond acceptors (Lipinski definition) is 5. The maximum atomic E-state index is 12.7. The van der Waals surface area contributed by atoms with Gasteiger partial charge in [0.05, 0.1) is 18.0 Å². The molecule has 1 aliphatic heterocycles. The summed E-state index contributed by atoms with van der Waals surface area (Å²) in [6, 6.07) is 15.0. The summed E-state index contributed by atoms with van der Waals surface area (Å²) in [6.45, 7) is 2.57. The number of sulfonamides is 1. The lowest BCUT2D eigenvalue weighted by atomic mass is 10.0. The predicted molar refractivity (Wildman–Crippen MR) is 132 cm³/mol. The molecule has 7 nitrogen and oxygen atoms in total. The van der Waals surface area contributed by atoms with Crippen molar-refractivity contribution in [1.29, 1.82) is 0 Å². The molecule has 0 spiro atoms. The zero-order valence-corrected chi connectivity index (χ0v) is 20.6. The summed E-state index contributed by atoms with van der Waals surface area (Å²) < 4.78 is 32.9. The fourth-order valence-corrected chi connectivity index (χ4v) is 5.79. The summed E-state index contributed by atoms with van der Waals surface area (Å²) in [4.78, 5) is 15.4. The summed E-state index contributed by atoms with van der Waals surface area (Å²) in [5, 5.41) is 3.12. The van der Waals surface area contributed by atoms with Crippen molar-refractivity contribution >= 4 is 15.9 Å². The highest BCUT2D eigenvalue weighted by molar-refractivity contribution is 7.89. The van der Waals surface area contributed by atoms with E-state index in [1.165, 1.54) is 19.3 Å². The molecule has 2 N–H and O–H groups in total. The number of para-hydroxylation sites is 1. The van der Waals surface area contributed by atoms with Crippen molar-refractivity contribution < 1.29 is 17.9 Å². The van der Waals surface area contributed by atoms with Crippen LogP contribution in [0.4, 0.5) is 0 Å². The first-order valence-corrected chi connectivity index (χ1v) is 13.7. The number of aryl methyl sites for hydroxylation is 1. The standard InChI is InChI=1S/C26H35N3O4S/c1-33-25-8-4-3-7-23(25)24(29-17-5-2-6-18-29)19-27-26(30)16-11-20-9-14-22(15-10-20)34(31,32)28-21-12-13-21/h3-4,7-10,14-15,21,24,28H,2,5-6,11-13,16-19H2,1H3,(H,27,30). The number of rotatable bonds is 11. The van der Waals surface area contributed by atoms with Crippen molar-refractivity contribution in [3.8, 4) is 5.75 Å². The first-order chi connectivity index (χ1) is 16.5. The van der Waals surface area contributed by atoms with Gasteiger partial charge in [0.2, 0.25) is 15.9 Å². The number of methoxy groups -OCH3 is 1. The molecule has 2 aromatic rings. The van der Waals surface area contributed by atoms with E-state index < -0.39 is 10.0 Å². The molecule has 1 saturated carbocycles. The minimum absolute atomic E-state index is 0.0102. The number of carbonyl (C=O) groups is 1. The molecular weight excluding hydrogens is 450 g/mol. The third-order valence-electron chi connectivity index (χ3n) is 6.60. The van der Waals surface area contributed by atoms with Crippen LogP contribution >= 0.6 is 0 Å². The average molecular weight is 486 g/mol. The van der Waals surface area contributed by atoms with E-state index >= 15 is 0 Å². The quantitative estimate of drug-likeness (QED) is 0.509. The van der Waals surface area contributed by atoms with Gasteiger partial charge in [-0.1, -0.05) is 36.8 Å². The number of hydrogen-bond donors (Lipinski definition) is 2. The summed E-state index contributed by atoms with van der Waals surface area (Å²) in [6.07, 6.45) is 6.31. The van der Waals surface area contributed by atoms with Crippen molar-refractivity contribution in [2.45, 2.75) is 61.9 Å². The molecule has 2 aliphatic rings. The minimum atomic E-state index is -3.45. The number of ether oxygens (including phenoxy) is 1. The lowest BCUT2D eigenvalue weighted by Crippen LogP contribution is -2.40. The molecule has 0 bridgehead atoms. The fourth-order valence-electron chi connectivity index (χ4n) is 4.49. The van der Waals surface area contributed by atoms with Crippen LogP contribution in [0.3, 0.4) is 0 Å². The Morgan fingerprint density at radius 2 is 1.76 bits per heavy atom. The summed E-state index contributed by atoms with van der Waals surface area (Å²) in [5.74, 6) is 0.836. The maximum Gasteiger partial charge on any atom is 0.240 e. The fraction of sp³-hybridized carbons (Fsp3) is 0.500. The third-order valence-corrected chi connectivity index (χ3v) is 8.13. The van der Waals surface area contributed by atoms with E-state index in [0.29, 0.717) is 19.4 Å². The van der Waals surface area contributed by atoms with Gasteiger partial charge in [-0.3, -0.25) is 9.69 Å². The van der Waals surface area contributed by atoms with Gasteiger partial charge in [-0.15, -0.1) is 0 Å².